The van der Waals surface area contributed by atoms with E-state index in [1.807, 2.05) is 12.1 Å². The minimum atomic E-state index is 0.251. The molecule has 2 aliphatic heterocycles. The Morgan fingerprint density at radius 2 is 2.00 bits per heavy atom. The van der Waals surface area contributed by atoms with Gasteiger partial charge in [-0.25, -0.2) is 0 Å². The molecule has 0 aliphatic carbocycles. The van der Waals surface area contributed by atoms with Crippen molar-refractivity contribution in [3.05, 3.63) is 36.4 Å². The molecule has 0 aromatic heterocycles. The Morgan fingerprint density at radius 3 is 2.78 bits per heavy atom. The second-order valence-electron chi connectivity index (χ2n) is 4.58. The molecular formula is C14H18N2O2. The molecule has 1 aromatic carbocycles. The number of nitrogens with one attached hydrogen (secondary N) is 1. The van der Waals surface area contributed by atoms with Crippen LogP contribution in [0.25, 0.3) is 0 Å². The Hall–Kier alpha value is -1.52. The van der Waals surface area contributed by atoms with Crippen LogP contribution >= 0.6 is 0 Å². The number of ether oxygens (including phenoxy) is 2. The maximum absolute atomic E-state index is 5.43. The second kappa shape index (κ2) is 5.00. The van der Waals surface area contributed by atoms with Crippen LogP contribution in [0.1, 0.15) is 11.6 Å². The molecule has 2 aliphatic rings. The van der Waals surface area contributed by atoms with Crippen LogP contribution in [0.3, 0.4) is 0 Å². The molecule has 2 heterocycles. The molecule has 0 spiro atoms. The van der Waals surface area contributed by atoms with Crippen LogP contribution in [0.15, 0.2) is 30.9 Å². The Morgan fingerprint density at radius 1 is 1.22 bits per heavy atom. The molecule has 0 bridgehead atoms. The van der Waals surface area contributed by atoms with Crippen molar-refractivity contribution in [3.8, 4) is 11.5 Å². The van der Waals surface area contributed by atoms with Crippen molar-refractivity contribution in [3.63, 3.8) is 0 Å². The Bertz CT molecular complexity index is 441. The van der Waals surface area contributed by atoms with E-state index in [1.54, 1.807) is 0 Å². The molecule has 1 fully saturated rings. The highest BCUT2D eigenvalue weighted by atomic mass is 16.7. The summed E-state index contributed by atoms with van der Waals surface area (Å²) in [5.74, 6) is 1.68. The number of benzene rings is 1. The highest BCUT2D eigenvalue weighted by Crippen LogP contribution is 2.35. The van der Waals surface area contributed by atoms with Gasteiger partial charge in [-0.3, -0.25) is 4.90 Å². The largest absolute Gasteiger partial charge is 0.454 e. The summed E-state index contributed by atoms with van der Waals surface area (Å²) in [6.07, 6.45) is 2.00. The van der Waals surface area contributed by atoms with Crippen molar-refractivity contribution >= 4 is 0 Å². The third-order valence-corrected chi connectivity index (χ3v) is 3.51. The molecule has 4 nitrogen and oxygen atoms in total. The van der Waals surface area contributed by atoms with Gasteiger partial charge in [0.1, 0.15) is 0 Å². The lowest BCUT2D eigenvalue weighted by atomic mass is 10.0. The van der Waals surface area contributed by atoms with Crippen molar-refractivity contribution in [2.24, 2.45) is 0 Å². The molecule has 1 aromatic rings. The van der Waals surface area contributed by atoms with Gasteiger partial charge in [-0.2, -0.15) is 0 Å². The summed E-state index contributed by atoms with van der Waals surface area (Å²) in [5, 5.41) is 3.37. The van der Waals surface area contributed by atoms with Crippen molar-refractivity contribution in [1.29, 1.82) is 0 Å². The zero-order valence-electron chi connectivity index (χ0n) is 10.4. The van der Waals surface area contributed by atoms with E-state index in [0.717, 1.165) is 37.7 Å². The van der Waals surface area contributed by atoms with E-state index in [1.165, 1.54) is 5.56 Å². The molecule has 3 rings (SSSR count). The topological polar surface area (TPSA) is 33.7 Å². The first-order valence-corrected chi connectivity index (χ1v) is 6.35. The van der Waals surface area contributed by atoms with Gasteiger partial charge in [-0.15, -0.1) is 6.58 Å². The van der Waals surface area contributed by atoms with Crippen molar-refractivity contribution < 1.29 is 9.47 Å². The van der Waals surface area contributed by atoms with Crippen molar-refractivity contribution in [2.75, 3.05) is 33.0 Å². The van der Waals surface area contributed by atoms with Crippen LogP contribution < -0.4 is 14.8 Å². The van der Waals surface area contributed by atoms with E-state index in [9.17, 15) is 0 Å². The molecule has 0 amide bonds. The summed E-state index contributed by atoms with van der Waals surface area (Å²) in [6, 6.07) is 6.40. The molecule has 4 heteroatoms. The van der Waals surface area contributed by atoms with E-state index in [4.69, 9.17) is 9.47 Å². The zero-order chi connectivity index (χ0) is 12.4. The molecule has 1 saturated heterocycles. The lowest BCUT2D eigenvalue weighted by Gasteiger charge is -2.33. The lowest BCUT2D eigenvalue weighted by Crippen LogP contribution is -2.44. The normalized spacial score (nSPS) is 20.7. The van der Waals surface area contributed by atoms with Gasteiger partial charge in [0.2, 0.25) is 6.79 Å². The van der Waals surface area contributed by atoms with Crippen LogP contribution in [0.5, 0.6) is 11.5 Å². The van der Waals surface area contributed by atoms with E-state index >= 15 is 0 Å². The van der Waals surface area contributed by atoms with Gasteiger partial charge >= 0.3 is 0 Å². The lowest BCUT2D eigenvalue weighted by molar-refractivity contribution is 0.173. The Balaban J connectivity index is 1.84. The minimum Gasteiger partial charge on any atom is -0.454 e. The predicted molar refractivity (Wildman–Crippen MR) is 69.9 cm³/mol. The number of rotatable bonds is 3. The van der Waals surface area contributed by atoms with Crippen LogP contribution in [-0.4, -0.2) is 37.9 Å². The summed E-state index contributed by atoms with van der Waals surface area (Å²) in [4.78, 5) is 2.43. The summed E-state index contributed by atoms with van der Waals surface area (Å²) >= 11 is 0. The quantitative estimate of drug-likeness (QED) is 0.820. The fourth-order valence-electron chi connectivity index (χ4n) is 2.55. The maximum Gasteiger partial charge on any atom is 0.231 e. The van der Waals surface area contributed by atoms with Crippen molar-refractivity contribution in [1.82, 2.24) is 10.2 Å². The van der Waals surface area contributed by atoms with E-state index in [0.29, 0.717) is 6.79 Å². The molecular weight excluding hydrogens is 228 g/mol. The first-order valence-electron chi connectivity index (χ1n) is 6.35. The van der Waals surface area contributed by atoms with E-state index < -0.39 is 0 Å². The summed E-state index contributed by atoms with van der Waals surface area (Å²) in [5.41, 5.74) is 1.22. The van der Waals surface area contributed by atoms with Crippen LogP contribution in [0, 0.1) is 0 Å². The molecule has 1 N–H and O–H groups in total. The first kappa shape index (κ1) is 11.6. The van der Waals surface area contributed by atoms with Crippen LogP contribution in [0.2, 0.25) is 0 Å². The van der Waals surface area contributed by atoms with Gasteiger partial charge in [0.25, 0.3) is 0 Å². The molecule has 0 radical (unpaired) electrons. The number of nitrogens with zero attached hydrogens (tertiary/aromatic N) is 1. The van der Waals surface area contributed by atoms with E-state index in [2.05, 4.69) is 28.9 Å². The Labute approximate surface area is 107 Å². The number of piperazine rings is 1. The van der Waals surface area contributed by atoms with Gasteiger partial charge in [-0.05, 0) is 17.7 Å². The number of hydrogen-bond acceptors (Lipinski definition) is 4. The first-order chi connectivity index (χ1) is 8.88. The summed E-state index contributed by atoms with van der Waals surface area (Å²) in [6.45, 7) is 8.46. The zero-order valence-corrected chi connectivity index (χ0v) is 10.4. The van der Waals surface area contributed by atoms with Gasteiger partial charge in [0.05, 0.1) is 6.04 Å². The molecule has 0 saturated carbocycles. The standard InChI is InChI=1S/C14H18N2O2/c1-2-12(16-7-5-15-6-8-16)11-3-4-13-14(9-11)18-10-17-13/h2-4,9,12,15H,1,5-8,10H2/t12-/m0/s1. The number of hydrogen-bond donors (Lipinski definition) is 1. The average Bonchev–Trinajstić information content (AvgIpc) is 2.88. The minimum absolute atomic E-state index is 0.251. The monoisotopic (exact) mass is 246 g/mol. The highest BCUT2D eigenvalue weighted by Gasteiger charge is 2.22. The Kier molecular flexibility index (Phi) is 3.21. The predicted octanol–water partition coefficient (Wildman–Crippen LogP) is 1.55. The fraction of sp³-hybridized carbons (Fsp3) is 0.429. The summed E-state index contributed by atoms with van der Waals surface area (Å²) in [7, 11) is 0. The smallest absolute Gasteiger partial charge is 0.231 e. The van der Waals surface area contributed by atoms with Gasteiger partial charge in [0, 0.05) is 26.2 Å². The molecule has 0 unspecified atom stereocenters. The van der Waals surface area contributed by atoms with Crippen LogP contribution in [0.4, 0.5) is 0 Å². The molecule has 18 heavy (non-hydrogen) atoms. The molecule has 1 atom stereocenters. The van der Waals surface area contributed by atoms with Gasteiger partial charge in [-0.1, -0.05) is 12.1 Å². The number of fused-ring (bicyclic) bond motifs is 1. The SMILES string of the molecule is C=C[C@@H](c1ccc2c(c1)OCO2)N1CCNCC1. The second-order valence-corrected chi connectivity index (χ2v) is 4.58. The van der Waals surface area contributed by atoms with Gasteiger partial charge in [0.15, 0.2) is 11.5 Å². The fourth-order valence-corrected chi connectivity index (χ4v) is 2.55. The van der Waals surface area contributed by atoms with E-state index in [-0.39, 0.29) is 6.04 Å². The van der Waals surface area contributed by atoms with Gasteiger partial charge < -0.3 is 14.8 Å². The summed E-state index contributed by atoms with van der Waals surface area (Å²) < 4.78 is 10.8. The highest BCUT2D eigenvalue weighted by molar-refractivity contribution is 5.45. The van der Waals surface area contributed by atoms with Crippen LogP contribution in [-0.2, 0) is 0 Å². The third-order valence-electron chi connectivity index (χ3n) is 3.51. The van der Waals surface area contributed by atoms with Crippen molar-refractivity contribution in [2.45, 2.75) is 6.04 Å². The maximum atomic E-state index is 5.43. The average molecular weight is 246 g/mol. The molecule has 96 valence electrons. The third kappa shape index (κ3) is 2.09.